The lowest BCUT2D eigenvalue weighted by Crippen LogP contribution is -2.62. The van der Waals surface area contributed by atoms with E-state index in [-0.39, 0.29) is 6.42 Å². The van der Waals surface area contributed by atoms with Crippen LogP contribution in [0.25, 0.3) is 6.08 Å². The van der Waals surface area contributed by atoms with Crippen molar-refractivity contribution in [3.63, 3.8) is 0 Å². The Kier molecular flexibility index (Phi) is 7.93. The fourth-order valence-corrected chi connectivity index (χ4v) is 5.07. The maximum Gasteiger partial charge on any atom is 0.331 e. The molecular weight excluding hydrogens is 492 g/mol. The van der Waals surface area contributed by atoms with Crippen LogP contribution in [-0.2, 0) is 23.7 Å². The van der Waals surface area contributed by atoms with Crippen LogP contribution in [0.5, 0.6) is 5.75 Å². The molecule has 204 valence electrons. The fraction of sp³-hybridized carbons (Fsp3) is 0.560. The zero-order chi connectivity index (χ0) is 27.0. The lowest BCUT2D eigenvalue weighted by molar-refractivity contribution is -0.351. The summed E-state index contributed by atoms with van der Waals surface area (Å²) in [5.74, 6) is -1.29. The average Bonchev–Trinajstić information content (AvgIpc) is 3.08. The highest BCUT2D eigenvalue weighted by atomic mass is 16.8. The molecule has 12 nitrogen and oxygen atoms in total. The number of aliphatic hydroxyl groups is 6. The fourth-order valence-electron chi connectivity index (χ4n) is 5.07. The molecular formula is C25H32O12. The zero-order valence-electron chi connectivity index (χ0n) is 20.3. The predicted molar refractivity (Wildman–Crippen MR) is 124 cm³/mol. The van der Waals surface area contributed by atoms with Gasteiger partial charge in [-0.15, -0.1) is 0 Å². The van der Waals surface area contributed by atoms with E-state index in [4.69, 9.17) is 23.7 Å². The molecule has 37 heavy (non-hydrogen) atoms. The Bertz CT molecular complexity index is 1010. The van der Waals surface area contributed by atoms with E-state index in [9.17, 15) is 35.4 Å². The highest BCUT2D eigenvalue weighted by molar-refractivity contribution is 5.87. The molecule has 2 heterocycles. The first-order chi connectivity index (χ1) is 17.5. The number of benzene rings is 1. The first kappa shape index (κ1) is 27.5. The summed E-state index contributed by atoms with van der Waals surface area (Å²) in [6.07, 6.45) is -5.73. The van der Waals surface area contributed by atoms with Crippen LogP contribution < -0.4 is 4.74 Å². The van der Waals surface area contributed by atoms with Gasteiger partial charge in [0.2, 0.25) is 6.29 Å². The van der Waals surface area contributed by atoms with E-state index in [1.807, 2.05) is 0 Å². The van der Waals surface area contributed by atoms with Crippen LogP contribution in [0.4, 0.5) is 0 Å². The van der Waals surface area contributed by atoms with Crippen molar-refractivity contribution in [2.75, 3.05) is 13.7 Å². The number of hydrogen-bond acceptors (Lipinski definition) is 12. The lowest BCUT2D eigenvalue weighted by atomic mass is 9.81. The van der Waals surface area contributed by atoms with Crippen LogP contribution in [0.2, 0.25) is 0 Å². The average molecular weight is 525 g/mol. The zero-order valence-corrected chi connectivity index (χ0v) is 20.3. The van der Waals surface area contributed by atoms with E-state index in [1.165, 1.54) is 25.2 Å². The molecule has 1 saturated heterocycles. The Balaban J connectivity index is 1.53. The monoisotopic (exact) mass is 524 g/mol. The maximum absolute atomic E-state index is 12.7. The van der Waals surface area contributed by atoms with E-state index in [0.717, 1.165) is 6.26 Å². The number of rotatable bonds is 7. The van der Waals surface area contributed by atoms with Crippen molar-refractivity contribution in [3.8, 4) is 5.75 Å². The quantitative estimate of drug-likeness (QED) is 0.185. The third kappa shape index (κ3) is 5.24. The molecule has 2 aliphatic heterocycles. The highest BCUT2D eigenvalue weighted by Crippen LogP contribution is 2.51. The van der Waals surface area contributed by atoms with Gasteiger partial charge in [0.15, 0.2) is 6.29 Å². The molecule has 1 aromatic rings. The Labute approximate surface area is 212 Å². The number of ether oxygens (including phenoxy) is 5. The Morgan fingerprint density at radius 1 is 1.11 bits per heavy atom. The maximum atomic E-state index is 12.7. The second-order valence-corrected chi connectivity index (χ2v) is 9.57. The molecule has 3 aliphatic rings. The number of carbonyl (C=O) groups is 1. The van der Waals surface area contributed by atoms with Gasteiger partial charge in [-0.3, -0.25) is 0 Å². The van der Waals surface area contributed by atoms with Gasteiger partial charge < -0.3 is 54.3 Å². The molecule has 2 fully saturated rings. The van der Waals surface area contributed by atoms with Gasteiger partial charge in [0.1, 0.15) is 41.4 Å². The molecule has 1 saturated carbocycles. The molecule has 0 spiro atoms. The van der Waals surface area contributed by atoms with Gasteiger partial charge in [-0.1, -0.05) is 12.1 Å². The van der Waals surface area contributed by atoms with Crippen LogP contribution >= 0.6 is 0 Å². The van der Waals surface area contributed by atoms with E-state index in [1.54, 1.807) is 31.4 Å². The van der Waals surface area contributed by atoms with Gasteiger partial charge in [-0.25, -0.2) is 4.79 Å². The molecule has 1 aromatic carbocycles. The van der Waals surface area contributed by atoms with E-state index >= 15 is 0 Å². The summed E-state index contributed by atoms with van der Waals surface area (Å²) in [4.78, 5) is 12.7. The molecule has 0 amide bonds. The third-order valence-electron chi connectivity index (χ3n) is 7.09. The SMILES string of the molecule is COc1ccc(/C=C\C(=O)O[C@@]2(C)C[C@@H](O)[C@]3(O)C=CO[C@@H](O[C@H]4O[C@@H](CO)[C@H](O)[C@@H](O)[C@@H]4O)[C@@H]32)cc1. The van der Waals surface area contributed by atoms with E-state index in [0.29, 0.717) is 11.3 Å². The molecule has 4 rings (SSSR count). The van der Waals surface area contributed by atoms with Crippen molar-refractivity contribution in [3.05, 3.63) is 48.2 Å². The molecule has 1 aliphatic carbocycles. The van der Waals surface area contributed by atoms with Gasteiger partial charge in [-0.2, -0.15) is 0 Å². The third-order valence-corrected chi connectivity index (χ3v) is 7.09. The normalized spacial score (nSPS) is 41.3. The smallest absolute Gasteiger partial charge is 0.331 e. The second kappa shape index (κ2) is 10.7. The summed E-state index contributed by atoms with van der Waals surface area (Å²) in [7, 11) is 1.54. The van der Waals surface area contributed by atoms with E-state index < -0.39 is 72.8 Å². The topological polar surface area (TPSA) is 185 Å². The molecule has 0 aromatic heterocycles. The lowest BCUT2D eigenvalue weighted by Gasteiger charge is -2.45. The molecule has 0 bridgehead atoms. The number of esters is 1. The van der Waals surface area contributed by atoms with Crippen molar-refractivity contribution in [2.45, 2.75) is 67.6 Å². The minimum atomic E-state index is -1.92. The largest absolute Gasteiger partial charge is 0.497 e. The summed E-state index contributed by atoms with van der Waals surface area (Å²) in [6.45, 7) is 0.836. The minimum Gasteiger partial charge on any atom is -0.497 e. The van der Waals surface area contributed by atoms with Crippen LogP contribution in [0, 0.1) is 5.92 Å². The van der Waals surface area contributed by atoms with Gasteiger partial charge in [-0.05, 0) is 36.8 Å². The van der Waals surface area contributed by atoms with Crippen molar-refractivity contribution in [1.29, 1.82) is 0 Å². The molecule has 0 unspecified atom stereocenters. The van der Waals surface area contributed by atoms with E-state index in [2.05, 4.69) is 0 Å². The van der Waals surface area contributed by atoms with Gasteiger partial charge in [0.05, 0.1) is 32.0 Å². The number of hydrogen-bond donors (Lipinski definition) is 6. The van der Waals surface area contributed by atoms with Crippen LogP contribution in [-0.4, -0.2) is 105 Å². The number of carbonyl (C=O) groups excluding carboxylic acids is 1. The Morgan fingerprint density at radius 3 is 2.46 bits per heavy atom. The standard InChI is InChI=1S/C25H32O12/c1-24(37-17(28)8-5-13-3-6-14(33-2)7-4-13)11-16(27)25(32)9-10-34-23(21(24)25)36-22-20(31)19(30)18(29)15(12-26)35-22/h3-10,15-16,18-23,26-27,29-32H,11-12H2,1-2H3/b8-5-/t15-,16+,18-,19+,20-,21+,22+,23-,24-,25+/m0/s1. The summed E-state index contributed by atoms with van der Waals surface area (Å²) >= 11 is 0. The Morgan fingerprint density at radius 2 is 1.81 bits per heavy atom. The molecule has 12 heteroatoms. The second-order valence-electron chi connectivity index (χ2n) is 9.57. The van der Waals surface area contributed by atoms with Crippen LogP contribution in [0.15, 0.2) is 42.7 Å². The van der Waals surface area contributed by atoms with Crippen LogP contribution in [0.1, 0.15) is 18.9 Å². The van der Waals surface area contributed by atoms with Gasteiger partial charge in [0.25, 0.3) is 0 Å². The molecule has 6 N–H and O–H groups in total. The number of aliphatic hydroxyl groups excluding tert-OH is 5. The predicted octanol–water partition coefficient (Wildman–Crippen LogP) is -1.19. The minimum absolute atomic E-state index is 0.168. The molecule has 0 radical (unpaired) electrons. The van der Waals surface area contributed by atoms with Gasteiger partial charge in [0, 0.05) is 12.5 Å². The highest BCUT2D eigenvalue weighted by Gasteiger charge is 2.66. The van der Waals surface area contributed by atoms with Crippen molar-refractivity contribution in [1.82, 2.24) is 0 Å². The van der Waals surface area contributed by atoms with Gasteiger partial charge >= 0.3 is 5.97 Å². The number of methoxy groups -OCH3 is 1. The Hall–Kier alpha value is -2.55. The number of fused-ring (bicyclic) bond motifs is 1. The molecule has 10 atom stereocenters. The first-order valence-corrected chi connectivity index (χ1v) is 11.8. The van der Waals surface area contributed by atoms with Crippen LogP contribution in [0.3, 0.4) is 0 Å². The summed E-state index contributed by atoms with van der Waals surface area (Å²) in [5, 5.41) is 61.9. The van der Waals surface area contributed by atoms with Crippen molar-refractivity contribution < 1.29 is 59.1 Å². The first-order valence-electron chi connectivity index (χ1n) is 11.8. The summed E-state index contributed by atoms with van der Waals surface area (Å²) in [6, 6.07) is 6.94. The van der Waals surface area contributed by atoms with Crippen molar-refractivity contribution >= 4 is 12.0 Å². The summed E-state index contributed by atoms with van der Waals surface area (Å²) in [5.41, 5.74) is -2.72. The van der Waals surface area contributed by atoms with Crippen molar-refractivity contribution in [2.24, 2.45) is 5.92 Å². The summed E-state index contributed by atoms with van der Waals surface area (Å²) < 4.78 is 27.4.